The molecule has 0 aromatic heterocycles. The summed E-state index contributed by atoms with van der Waals surface area (Å²) in [5, 5.41) is 3.33. The van der Waals surface area contributed by atoms with Crippen LogP contribution in [0.25, 0.3) is 0 Å². The zero-order valence-corrected chi connectivity index (χ0v) is 13.1. The van der Waals surface area contributed by atoms with Crippen LogP contribution in [0.4, 0.5) is 0 Å². The van der Waals surface area contributed by atoms with Crippen molar-refractivity contribution in [1.82, 2.24) is 5.32 Å². The molecule has 0 aliphatic heterocycles. The Kier molecular flexibility index (Phi) is 6.80. The second-order valence-corrected chi connectivity index (χ2v) is 6.82. The van der Waals surface area contributed by atoms with Crippen LogP contribution in [0.3, 0.4) is 0 Å². The average molecular weight is 369 g/mol. The third-order valence-corrected chi connectivity index (χ3v) is 4.84. The Hall–Kier alpha value is 0.290. The SMILES string of the molecule is CS(=O)CCCNCc1ccc(Br)c(Br)c1. The number of halogens is 2. The minimum absolute atomic E-state index is 0.674. The van der Waals surface area contributed by atoms with Crippen LogP contribution in [0.5, 0.6) is 0 Å². The van der Waals surface area contributed by atoms with E-state index in [4.69, 9.17) is 0 Å². The predicted molar refractivity (Wildman–Crippen MR) is 77.1 cm³/mol. The molecule has 0 heterocycles. The molecule has 1 unspecified atom stereocenters. The maximum atomic E-state index is 10.8. The van der Waals surface area contributed by atoms with Gasteiger partial charge in [-0.2, -0.15) is 0 Å². The first-order valence-electron chi connectivity index (χ1n) is 5.04. The molecule has 1 aromatic rings. The van der Waals surface area contributed by atoms with E-state index in [0.29, 0.717) is 0 Å². The van der Waals surface area contributed by atoms with E-state index in [1.165, 1.54) is 5.56 Å². The molecule has 1 N–H and O–H groups in total. The lowest BCUT2D eigenvalue weighted by atomic mass is 10.2. The van der Waals surface area contributed by atoms with Crippen LogP contribution in [0, 0.1) is 0 Å². The van der Waals surface area contributed by atoms with E-state index >= 15 is 0 Å². The fraction of sp³-hybridized carbons (Fsp3) is 0.455. The minimum Gasteiger partial charge on any atom is -0.313 e. The highest BCUT2D eigenvalue weighted by molar-refractivity contribution is 9.13. The smallest absolute Gasteiger partial charge is 0.0320 e. The van der Waals surface area contributed by atoms with Gasteiger partial charge >= 0.3 is 0 Å². The molecule has 2 nitrogen and oxygen atoms in total. The van der Waals surface area contributed by atoms with Crippen LogP contribution in [0.1, 0.15) is 12.0 Å². The molecule has 0 spiro atoms. The molecular weight excluding hydrogens is 354 g/mol. The van der Waals surface area contributed by atoms with Crippen LogP contribution in [-0.4, -0.2) is 22.8 Å². The molecule has 1 atom stereocenters. The normalized spacial score (nSPS) is 12.7. The molecule has 0 bridgehead atoms. The van der Waals surface area contributed by atoms with Crippen LogP contribution >= 0.6 is 31.9 Å². The van der Waals surface area contributed by atoms with Crippen molar-refractivity contribution in [3.05, 3.63) is 32.7 Å². The number of hydrogen-bond donors (Lipinski definition) is 1. The van der Waals surface area contributed by atoms with Gasteiger partial charge in [0.05, 0.1) is 0 Å². The molecule has 0 amide bonds. The van der Waals surface area contributed by atoms with E-state index in [-0.39, 0.29) is 0 Å². The predicted octanol–water partition coefficient (Wildman–Crippen LogP) is 3.07. The highest BCUT2D eigenvalue weighted by atomic mass is 79.9. The number of benzene rings is 1. The van der Waals surface area contributed by atoms with E-state index in [2.05, 4.69) is 49.3 Å². The van der Waals surface area contributed by atoms with Gasteiger partial charge in [-0.1, -0.05) is 6.07 Å². The van der Waals surface area contributed by atoms with Gasteiger partial charge in [-0.25, -0.2) is 0 Å². The van der Waals surface area contributed by atoms with Crippen molar-refractivity contribution in [1.29, 1.82) is 0 Å². The van der Waals surface area contributed by atoms with Gasteiger partial charge in [-0.3, -0.25) is 4.21 Å². The lowest BCUT2D eigenvalue weighted by Gasteiger charge is -2.05. The largest absolute Gasteiger partial charge is 0.313 e. The number of hydrogen-bond acceptors (Lipinski definition) is 2. The highest BCUT2D eigenvalue weighted by Gasteiger charge is 1.98. The van der Waals surface area contributed by atoms with Crippen molar-refractivity contribution in [2.24, 2.45) is 0 Å². The Morgan fingerprint density at radius 2 is 2.06 bits per heavy atom. The van der Waals surface area contributed by atoms with E-state index in [9.17, 15) is 4.21 Å². The van der Waals surface area contributed by atoms with Crippen molar-refractivity contribution in [3.8, 4) is 0 Å². The van der Waals surface area contributed by atoms with Crippen LogP contribution in [0.15, 0.2) is 27.1 Å². The van der Waals surface area contributed by atoms with Crippen molar-refractivity contribution < 1.29 is 4.21 Å². The molecule has 90 valence electrons. The van der Waals surface area contributed by atoms with E-state index in [1.807, 2.05) is 6.07 Å². The van der Waals surface area contributed by atoms with Crippen molar-refractivity contribution in [3.63, 3.8) is 0 Å². The van der Waals surface area contributed by atoms with E-state index in [1.54, 1.807) is 6.26 Å². The maximum absolute atomic E-state index is 10.8. The first-order chi connectivity index (χ1) is 7.59. The minimum atomic E-state index is -0.674. The van der Waals surface area contributed by atoms with Gasteiger partial charge in [0.2, 0.25) is 0 Å². The summed E-state index contributed by atoms with van der Waals surface area (Å²) in [6, 6.07) is 6.21. The molecule has 1 aromatic carbocycles. The van der Waals surface area contributed by atoms with Gasteiger partial charge in [0.25, 0.3) is 0 Å². The van der Waals surface area contributed by atoms with Gasteiger partial charge in [0.15, 0.2) is 0 Å². The zero-order valence-electron chi connectivity index (χ0n) is 9.13. The summed E-state index contributed by atoms with van der Waals surface area (Å²) < 4.78 is 13.0. The van der Waals surface area contributed by atoms with Crippen molar-refractivity contribution >= 4 is 42.7 Å². The van der Waals surface area contributed by atoms with E-state index in [0.717, 1.165) is 34.2 Å². The summed E-state index contributed by atoms with van der Waals surface area (Å²) >= 11 is 6.91. The molecule has 0 radical (unpaired) electrons. The average Bonchev–Trinajstić information content (AvgIpc) is 2.22. The summed E-state index contributed by atoms with van der Waals surface area (Å²) in [5.41, 5.74) is 1.24. The third-order valence-electron chi connectivity index (χ3n) is 2.10. The second-order valence-electron chi connectivity index (χ2n) is 3.56. The molecule has 1 rings (SSSR count). The van der Waals surface area contributed by atoms with Gasteiger partial charge in [-0.15, -0.1) is 0 Å². The molecule has 0 saturated heterocycles. The van der Waals surface area contributed by atoms with E-state index < -0.39 is 10.8 Å². The Bertz CT molecular complexity index is 371. The first-order valence-corrected chi connectivity index (χ1v) is 8.35. The lowest BCUT2D eigenvalue weighted by molar-refractivity contribution is 0.662. The van der Waals surface area contributed by atoms with Crippen LogP contribution < -0.4 is 5.32 Å². The molecule has 0 aliphatic rings. The molecular formula is C11H15Br2NOS. The Morgan fingerprint density at radius 3 is 2.69 bits per heavy atom. The lowest BCUT2D eigenvalue weighted by Crippen LogP contribution is -2.16. The van der Waals surface area contributed by atoms with Crippen molar-refractivity contribution in [2.75, 3.05) is 18.6 Å². The molecule has 0 fully saturated rings. The summed E-state index contributed by atoms with van der Waals surface area (Å²) in [6.07, 6.45) is 2.70. The van der Waals surface area contributed by atoms with Gasteiger partial charge in [0.1, 0.15) is 0 Å². The monoisotopic (exact) mass is 367 g/mol. The maximum Gasteiger partial charge on any atom is 0.0320 e. The van der Waals surface area contributed by atoms with Crippen LogP contribution in [-0.2, 0) is 17.3 Å². The summed E-state index contributed by atoms with van der Waals surface area (Å²) in [7, 11) is -0.674. The summed E-state index contributed by atoms with van der Waals surface area (Å²) in [5.74, 6) is 0.775. The fourth-order valence-electron chi connectivity index (χ4n) is 1.28. The summed E-state index contributed by atoms with van der Waals surface area (Å²) in [4.78, 5) is 0. The third kappa shape index (κ3) is 5.57. The first kappa shape index (κ1) is 14.4. The quantitative estimate of drug-likeness (QED) is 0.782. The summed E-state index contributed by atoms with van der Waals surface area (Å²) in [6.45, 7) is 1.76. The fourth-order valence-corrected chi connectivity index (χ4v) is 2.51. The Balaban J connectivity index is 2.27. The van der Waals surface area contributed by atoms with Gasteiger partial charge < -0.3 is 5.32 Å². The molecule has 16 heavy (non-hydrogen) atoms. The standard InChI is InChI=1S/C11H15Br2NOS/c1-16(15)6-2-5-14-8-9-3-4-10(12)11(13)7-9/h3-4,7,14H,2,5-6,8H2,1H3. The number of nitrogens with one attached hydrogen (secondary N) is 1. The number of rotatable bonds is 6. The Labute approximate surface area is 116 Å². The highest BCUT2D eigenvalue weighted by Crippen LogP contribution is 2.23. The van der Waals surface area contributed by atoms with Crippen LogP contribution in [0.2, 0.25) is 0 Å². The second kappa shape index (κ2) is 7.58. The zero-order chi connectivity index (χ0) is 12.0. The van der Waals surface area contributed by atoms with Gasteiger partial charge in [0, 0.05) is 38.3 Å². The Morgan fingerprint density at radius 1 is 1.31 bits per heavy atom. The van der Waals surface area contributed by atoms with Crippen molar-refractivity contribution in [2.45, 2.75) is 13.0 Å². The molecule has 0 saturated carbocycles. The molecule has 0 aliphatic carbocycles. The molecule has 5 heteroatoms. The topological polar surface area (TPSA) is 29.1 Å². The van der Waals surface area contributed by atoms with Gasteiger partial charge in [-0.05, 0) is 62.5 Å².